The maximum Gasteiger partial charge on any atom is 0.124 e. The van der Waals surface area contributed by atoms with Gasteiger partial charge in [0.1, 0.15) is 5.75 Å². The number of aryl methyl sites for hydroxylation is 2. The van der Waals surface area contributed by atoms with Gasteiger partial charge in [-0.3, -0.25) is 0 Å². The molecule has 1 atom stereocenters. The fourth-order valence-electron chi connectivity index (χ4n) is 2.27. The van der Waals surface area contributed by atoms with Gasteiger partial charge < -0.3 is 10.1 Å². The first-order chi connectivity index (χ1) is 9.56. The molecule has 1 unspecified atom stereocenters. The van der Waals surface area contributed by atoms with Crippen molar-refractivity contribution in [3.05, 3.63) is 49.6 Å². The summed E-state index contributed by atoms with van der Waals surface area (Å²) in [6.07, 6.45) is 0. The molecule has 0 spiro atoms. The second-order valence-electron chi connectivity index (χ2n) is 4.84. The number of halogens is 1. The van der Waals surface area contributed by atoms with E-state index in [0.717, 1.165) is 12.3 Å². The number of thiophene rings is 1. The van der Waals surface area contributed by atoms with E-state index in [1.165, 1.54) is 25.4 Å². The van der Waals surface area contributed by atoms with Gasteiger partial charge in [0.25, 0.3) is 0 Å². The molecule has 0 aliphatic rings. The zero-order chi connectivity index (χ0) is 14.7. The van der Waals surface area contributed by atoms with E-state index in [-0.39, 0.29) is 6.04 Å². The average Bonchev–Trinajstić information content (AvgIpc) is 2.75. The van der Waals surface area contributed by atoms with Gasteiger partial charge in [-0.15, -0.1) is 11.3 Å². The topological polar surface area (TPSA) is 21.3 Å². The zero-order valence-corrected chi connectivity index (χ0v) is 14.7. The summed E-state index contributed by atoms with van der Waals surface area (Å²) < 4.78 is 6.74. The molecular formula is C16H20BrNOS. The Kier molecular flexibility index (Phi) is 5.24. The summed E-state index contributed by atoms with van der Waals surface area (Å²) in [5, 5.41) is 3.57. The molecule has 2 aromatic rings. The fraction of sp³-hybridized carbons (Fsp3) is 0.375. The lowest BCUT2D eigenvalue weighted by molar-refractivity contribution is 0.404. The maximum atomic E-state index is 5.54. The van der Waals surface area contributed by atoms with Crippen molar-refractivity contribution in [2.45, 2.75) is 26.8 Å². The molecule has 0 radical (unpaired) electrons. The molecule has 0 aliphatic heterocycles. The molecule has 2 nitrogen and oxygen atoms in total. The van der Waals surface area contributed by atoms with Crippen molar-refractivity contribution in [1.82, 2.24) is 5.32 Å². The minimum atomic E-state index is 0.171. The first-order valence-corrected chi connectivity index (χ1v) is 8.31. The highest BCUT2D eigenvalue weighted by Gasteiger charge is 2.20. The summed E-state index contributed by atoms with van der Waals surface area (Å²) in [5.74, 6) is 0.934. The second-order valence-corrected chi connectivity index (χ2v) is 7.24. The van der Waals surface area contributed by atoms with E-state index < -0.39 is 0 Å². The average molecular weight is 354 g/mol. The molecule has 0 amide bonds. The molecule has 1 aromatic heterocycles. The molecule has 2 rings (SSSR count). The van der Waals surface area contributed by atoms with Gasteiger partial charge in [-0.2, -0.15) is 0 Å². The normalized spacial score (nSPS) is 12.4. The number of methoxy groups -OCH3 is 1. The SMILES string of the molecule is CCNC(c1cc(C)c(Br)s1)c1cc(C)ccc1OC. The Balaban J connectivity index is 2.50. The minimum Gasteiger partial charge on any atom is -0.496 e. The predicted octanol–water partition coefficient (Wildman–Crippen LogP) is 4.83. The van der Waals surface area contributed by atoms with Gasteiger partial charge in [0.2, 0.25) is 0 Å². The van der Waals surface area contributed by atoms with Crippen molar-refractivity contribution in [2.75, 3.05) is 13.7 Å². The third kappa shape index (κ3) is 3.25. The van der Waals surface area contributed by atoms with Crippen molar-refractivity contribution >= 4 is 27.3 Å². The Labute approximate surface area is 133 Å². The molecule has 4 heteroatoms. The largest absolute Gasteiger partial charge is 0.496 e. The van der Waals surface area contributed by atoms with E-state index in [1.807, 2.05) is 6.07 Å². The van der Waals surface area contributed by atoms with E-state index >= 15 is 0 Å². The summed E-state index contributed by atoms with van der Waals surface area (Å²) in [6.45, 7) is 7.28. The van der Waals surface area contributed by atoms with E-state index in [1.54, 1.807) is 18.4 Å². The number of hydrogen-bond acceptors (Lipinski definition) is 3. The van der Waals surface area contributed by atoms with Crippen LogP contribution in [0.5, 0.6) is 5.75 Å². The molecule has 108 valence electrons. The fourth-order valence-corrected chi connectivity index (χ4v) is 3.94. The van der Waals surface area contributed by atoms with Gasteiger partial charge in [-0.05, 0) is 54.0 Å². The lowest BCUT2D eigenvalue weighted by Gasteiger charge is -2.20. The monoisotopic (exact) mass is 353 g/mol. The van der Waals surface area contributed by atoms with Crippen LogP contribution in [0.3, 0.4) is 0 Å². The van der Waals surface area contributed by atoms with Gasteiger partial charge in [0.15, 0.2) is 0 Å². The smallest absolute Gasteiger partial charge is 0.124 e. The highest BCUT2D eigenvalue weighted by Crippen LogP contribution is 2.37. The van der Waals surface area contributed by atoms with Crippen LogP contribution in [0.2, 0.25) is 0 Å². The molecule has 0 saturated heterocycles. The predicted molar refractivity (Wildman–Crippen MR) is 90.0 cm³/mol. The zero-order valence-electron chi connectivity index (χ0n) is 12.3. The summed E-state index contributed by atoms with van der Waals surface area (Å²) in [7, 11) is 1.73. The third-order valence-corrected chi connectivity index (χ3v) is 5.47. The van der Waals surface area contributed by atoms with Crippen LogP contribution in [0, 0.1) is 13.8 Å². The molecule has 0 bridgehead atoms. The lowest BCUT2D eigenvalue weighted by atomic mass is 10.0. The van der Waals surface area contributed by atoms with Crippen LogP contribution in [0.15, 0.2) is 28.1 Å². The van der Waals surface area contributed by atoms with Crippen molar-refractivity contribution < 1.29 is 4.74 Å². The van der Waals surface area contributed by atoms with Crippen molar-refractivity contribution in [2.24, 2.45) is 0 Å². The summed E-state index contributed by atoms with van der Waals surface area (Å²) in [5.41, 5.74) is 3.72. The Morgan fingerprint density at radius 3 is 2.60 bits per heavy atom. The molecule has 1 aromatic carbocycles. The van der Waals surface area contributed by atoms with Crippen LogP contribution in [0.1, 0.15) is 34.5 Å². The van der Waals surface area contributed by atoms with Gasteiger partial charge in [-0.25, -0.2) is 0 Å². The minimum absolute atomic E-state index is 0.171. The number of rotatable bonds is 5. The van der Waals surface area contributed by atoms with E-state index in [2.05, 4.69) is 60.2 Å². The number of benzene rings is 1. The van der Waals surface area contributed by atoms with E-state index in [0.29, 0.717) is 0 Å². The molecule has 1 heterocycles. The van der Waals surface area contributed by atoms with E-state index in [4.69, 9.17) is 4.74 Å². The molecule has 1 N–H and O–H groups in total. The Hall–Kier alpha value is -0.840. The van der Waals surface area contributed by atoms with E-state index in [9.17, 15) is 0 Å². The van der Waals surface area contributed by atoms with Crippen LogP contribution in [0.4, 0.5) is 0 Å². The summed E-state index contributed by atoms with van der Waals surface area (Å²) in [6, 6.07) is 8.74. The van der Waals surface area contributed by atoms with Crippen LogP contribution < -0.4 is 10.1 Å². The van der Waals surface area contributed by atoms with Gasteiger partial charge in [0, 0.05) is 10.4 Å². The first-order valence-electron chi connectivity index (χ1n) is 6.70. The van der Waals surface area contributed by atoms with Crippen LogP contribution in [-0.4, -0.2) is 13.7 Å². The quantitative estimate of drug-likeness (QED) is 0.830. The number of ether oxygens (including phenoxy) is 1. The molecule has 0 aliphatic carbocycles. The van der Waals surface area contributed by atoms with Crippen LogP contribution >= 0.6 is 27.3 Å². The molecule has 20 heavy (non-hydrogen) atoms. The standard InChI is InChI=1S/C16H20BrNOS/c1-5-18-15(14-9-11(3)16(17)20-14)12-8-10(2)6-7-13(12)19-4/h6-9,15,18H,5H2,1-4H3. The van der Waals surface area contributed by atoms with Crippen LogP contribution in [-0.2, 0) is 0 Å². The second kappa shape index (κ2) is 6.74. The summed E-state index contributed by atoms with van der Waals surface area (Å²) >= 11 is 5.40. The summed E-state index contributed by atoms with van der Waals surface area (Å²) in [4.78, 5) is 1.31. The number of hydrogen-bond donors (Lipinski definition) is 1. The lowest BCUT2D eigenvalue weighted by Crippen LogP contribution is -2.21. The van der Waals surface area contributed by atoms with Gasteiger partial charge in [0.05, 0.1) is 16.9 Å². The highest BCUT2D eigenvalue weighted by molar-refractivity contribution is 9.11. The third-order valence-electron chi connectivity index (χ3n) is 3.27. The first kappa shape index (κ1) is 15.5. The van der Waals surface area contributed by atoms with Gasteiger partial charge >= 0.3 is 0 Å². The van der Waals surface area contributed by atoms with Crippen LogP contribution in [0.25, 0.3) is 0 Å². The Bertz CT molecular complexity index is 575. The van der Waals surface area contributed by atoms with Crippen molar-refractivity contribution in [3.63, 3.8) is 0 Å². The molecular weight excluding hydrogens is 334 g/mol. The highest BCUT2D eigenvalue weighted by atomic mass is 79.9. The van der Waals surface area contributed by atoms with Gasteiger partial charge in [-0.1, -0.05) is 24.6 Å². The maximum absolute atomic E-state index is 5.54. The Morgan fingerprint density at radius 1 is 1.30 bits per heavy atom. The van der Waals surface area contributed by atoms with Crippen molar-refractivity contribution in [1.29, 1.82) is 0 Å². The number of nitrogens with one attached hydrogen (secondary N) is 1. The Morgan fingerprint density at radius 2 is 2.05 bits per heavy atom. The van der Waals surface area contributed by atoms with Crippen molar-refractivity contribution in [3.8, 4) is 5.75 Å². The molecule has 0 saturated carbocycles. The molecule has 0 fully saturated rings.